The molecule has 78 valence electrons. The molecule has 0 aliphatic rings. The number of rotatable bonds is 2. The Morgan fingerprint density at radius 1 is 1.40 bits per heavy atom. The maximum absolute atomic E-state index is 6.02. The number of aryl methyl sites for hydroxylation is 1. The minimum Gasteiger partial charge on any atom is -0.357 e. The second kappa shape index (κ2) is 3.86. The van der Waals surface area contributed by atoms with Crippen LogP contribution in [0.1, 0.15) is 5.82 Å². The van der Waals surface area contributed by atoms with Gasteiger partial charge in [0.2, 0.25) is 5.95 Å². The summed E-state index contributed by atoms with van der Waals surface area (Å²) in [6, 6.07) is 0. The molecule has 0 spiro atoms. The summed E-state index contributed by atoms with van der Waals surface area (Å²) in [5, 5.41) is 3.36. The van der Waals surface area contributed by atoms with Crippen molar-refractivity contribution in [1.29, 1.82) is 0 Å². The molecule has 2 aromatic heterocycles. The fourth-order valence-corrected chi connectivity index (χ4v) is 1.43. The summed E-state index contributed by atoms with van der Waals surface area (Å²) >= 11 is 6.02. The molecule has 0 amide bonds. The number of halogens is 1. The Hall–Kier alpha value is -1.62. The molecule has 6 heteroatoms. The van der Waals surface area contributed by atoms with Crippen molar-refractivity contribution in [2.24, 2.45) is 0 Å². The van der Waals surface area contributed by atoms with Crippen LogP contribution in [-0.4, -0.2) is 26.6 Å². The van der Waals surface area contributed by atoms with Crippen LogP contribution in [0.3, 0.4) is 0 Å². The van der Waals surface area contributed by atoms with E-state index in [1.165, 1.54) is 0 Å². The van der Waals surface area contributed by atoms with Gasteiger partial charge in [-0.15, -0.1) is 0 Å². The zero-order valence-electron chi connectivity index (χ0n) is 8.40. The molecule has 0 saturated heterocycles. The number of nitrogens with zero attached hydrogens (tertiary/aromatic N) is 4. The number of imidazole rings is 1. The largest absolute Gasteiger partial charge is 0.357 e. The van der Waals surface area contributed by atoms with E-state index in [0.717, 1.165) is 5.82 Å². The average Bonchev–Trinajstić information content (AvgIpc) is 2.65. The van der Waals surface area contributed by atoms with Crippen molar-refractivity contribution in [2.45, 2.75) is 6.92 Å². The van der Waals surface area contributed by atoms with E-state index in [1.54, 1.807) is 19.4 Å². The maximum Gasteiger partial charge on any atom is 0.224 e. The first-order chi connectivity index (χ1) is 7.22. The van der Waals surface area contributed by atoms with Crippen LogP contribution in [0.25, 0.3) is 5.82 Å². The lowest BCUT2D eigenvalue weighted by atomic mass is 10.5. The highest BCUT2D eigenvalue weighted by atomic mass is 35.5. The zero-order chi connectivity index (χ0) is 10.8. The molecule has 2 rings (SSSR count). The monoisotopic (exact) mass is 223 g/mol. The highest BCUT2D eigenvalue weighted by Gasteiger charge is 2.08. The molecule has 15 heavy (non-hydrogen) atoms. The molecule has 0 fully saturated rings. The Morgan fingerprint density at radius 2 is 2.20 bits per heavy atom. The van der Waals surface area contributed by atoms with Crippen LogP contribution >= 0.6 is 11.6 Å². The standard InChI is InChI=1S/C9H10ClN5/c1-6-12-3-4-15(6)8-7(10)5-13-9(11-2)14-8/h3-5H,1-2H3,(H,11,13,14). The SMILES string of the molecule is CNc1ncc(Cl)c(-n2ccnc2C)n1. The van der Waals surface area contributed by atoms with E-state index in [0.29, 0.717) is 16.8 Å². The third kappa shape index (κ3) is 1.78. The van der Waals surface area contributed by atoms with Gasteiger partial charge in [-0.2, -0.15) is 4.98 Å². The van der Waals surface area contributed by atoms with Gasteiger partial charge in [-0.3, -0.25) is 4.57 Å². The molecule has 0 aliphatic carbocycles. The summed E-state index contributed by atoms with van der Waals surface area (Å²) in [5.74, 6) is 1.99. The predicted molar refractivity (Wildman–Crippen MR) is 58.4 cm³/mol. The van der Waals surface area contributed by atoms with E-state index in [-0.39, 0.29) is 0 Å². The number of aromatic nitrogens is 4. The van der Waals surface area contributed by atoms with Gasteiger partial charge < -0.3 is 5.32 Å². The number of hydrogen-bond donors (Lipinski definition) is 1. The molecule has 0 aliphatic heterocycles. The van der Waals surface area contributed by atoms with Gasteiger partial charge in [-0.05, 0) is 6.92 Å². The third-order valence-corrected chi connectivity index (χ3v) is 2.27. The normalized spacial score (nSPS) is 10.3. The zero-order valence-corrected chi connectivity index (χ0v) is 9.15. The lowest BCUT2D eigenvalue weighted by molar-refractivity contribution is 0.922. The Labute approximate surface area is 92.1 Å². The molecule has 0 unspecified atom stereocenters. The van der Waals surface area contributed by atoms with Crippen molar-refractivity contribution in [3.05, 3.63) is 29.4 Å². The smallest absolute Gasteiger partial charge is 0.224 e. The number of hydrogen-bond acceptors (Lipinski definition) is 4. The molecule has 2 aromatic rings. The van der Waals surface area contributed by atoms with Crippen LogP contribution in [0.5, 0.6) is 0 Å². The van der Waals surface area contributed by atoms with Crippen LogP contribution in [0.2, 0.25) is 5.02 Å². The van der Waals surface area contributed by atoms with Crippen molar-refractivity contribution < 1.29 is 0 Å². The van der Waals surface area contributed by atoms with Crippen LogP contribution in [0.4, 0.5) is 5.95 Å². The molecular weight excluding hydrogens is 214 g/mol. The Morgan fingerprint density at radius 3 is 2.80 bits per heavy atom. The highest BCUT2D eigenvalue weighted by Crippen LogP contribution is 2.19. The molecule has 0 saturated carbocycles. The first kappa shape index (κ1) is 9.92. The van der Waals surface area contributed by atoms with Gasteiger partial charge in [-0.25, -0.2) is 9.97 Å². The predicted octanol–water partition coefficient (Wildman–Crippen LogP) is 1.67. The van der Waals surface area contributed by atoms with Crippen molar-refractivity contribution in [3.63, 3.8) is 0 Å². The fraction of sp³-hybridized carbons (Fsp3) is 0.222. The first-order valence-corrected chi connectivity index (χ1v) is 4.81. The molecule has 0 bridgehead atoms. The summed E-state index contributed by atoms with van der Waals surface area (Å²) in [6.07, 6.45) is 5.07. The van der Waals surface area contributed by atoms with Gasteiger partial charge in [0, 0.05) is 19.4 Å². The molecule has 0 aromatic carbocycles. The van der Waals surface area contributed by atoms with Crippen LogP contribution in [-0.2, 0) is 0 Å². The van der Waals surface area contributed by atoms with Gasteiger partial charge in [0.05, 0.1) is 6.20 Å². The van der Waals surface area contributed by atoms with Crippen molar-refractivity contribution >= 4 is 17.5 Å². The summed E-state index contributed by atoms with van der Waals surface area (Å²) in [6.45, 7) is 1.89. The summed E-state index contributed by atoms with van der Waals surface area (Å²) in [5.41, 5.74) is 0. The van der Waals surface area contributed by atoms with Gasteiger partial charge in [-0.1, -0.05) is 11.6 Å². The maximum atomic E-state index is 6.02. The minimum atomic E-state index is 0.495. The Bertz CT molecular complexity index is 479. The van der Waals surface area contributed by atoms with Crippen molar-refractivity contribution in [1.82, 2.24) is 19.5 Å². The summed E-state index contributed by atoms with van der Waals surface area (Å²) in [7, 11) is 1.76. The fourth-order valence-electron chi connectivity index (χ4n) is 1.25. The van der Waals surface area contributed by atoms with E-state index < -0.39 is 0 Å². The number of nitrogens with one attached hydrogen (secondary N) is 1. The van der Waals surface area contributed by atoms with Crippen molar-refractivity contribution in [3.8, 4) is 5.82 Å². The van der Waals surface area contributed by atoms with Crippen LogP contribution < -0.4 is 5.32 Å². The molecule has 5 nitrogen and oxygen atoms in total. The van der Waals surface area contributed by atoms with E-state index in [4.69, 9.17) is 11.6 Å². The second-order valence-corrected chi connectivity index (χ2v) is 3.37. The van der Waals surface area contributed by atoms with Gasteiger partial charge in [0.1, 0.15) is 10.8 Å². The summed E-state index contributed by atoms with van der Waals surface area (Å²) in [4.78, 5) is 12.4. The molecule has 0 atom stereocenters. The Kier molecular flexibility index (Phi) is 2.55. The molecular formula is C9H10ClN5. The minimum absolute atomic E-state index is 0.495. The lowest BCUT2D eigenvalue weighted by Crippen LogP contribution is -2.04. The van der Waals surface area contributed by atoms with E-state index in [9.17, 15) is 0 Å². The third-order valence-electron chi connectivity index (χ3n) is 2.00. The average molecular weight is 224 g/mol. The van der Waals surface area contributed by atoms with Crippen LogP contribution in [0, 0.1) is 6.92 Å². The second-order valence-electron chi connectivity index (χ2n) is 2.96. The van der Waals surface area contributed by atoms with E-state index in [1.807, 2.05) is 17.7 Å². The molecule has 2 heterocycles. The molecule has 0 radical (unpaired) electrons. The van der Waals surface area contributed by atoms with E-state index in [2.05, 4.69) is 20.3 Å². The Balaban J connectivity index is 2.56. The van der Waals surface area contributed by atoms with E-state index >= 15 is 0 Å². The lowest BCUT2D eigenvalue weighted by Gasteiger charge is -2.07. The van der Waals surface area contributed by atoms with Gasteiger partial charge in [0.25, 0.3) is 0 Å². The molecule has 1 N–H and O–H groups in total. The van der Waals surface area contributed by atoms with Gasteiger partial charge in [0.15, 0.2) is 5.82 Å². The summed E-state index contributed by atoms with van der Waals surface area (Å²) < 4.78 is 1.81. The highest BCUT2D eigenvalue weighted by molar-refractivity contribution is 6.32. The van der Waals surface area contributed by atoms with Crippen molar-refractivity contribution in [2.75, 3.05) is 12.4 Å². The van der Waals surface area contributed by atoms with Crippen LogP contribution in [0.15, 0.2) is 18.6 Å². The number of anilines is 1. The first-order valence-electron chi connectivity index (χ1n) is 4.43. The topological polar surface area (TPSA) is 55.6 Å². The quantitative estimate of drug-likeness (QED) is 0.842. The van der Waals surface area contributed by atoms with Gasteiger partial charge >= 0.3 is 0 Å².